The number of nitrogens with two attached hydrogens (primary N) is 3. The number of aldehydes is 1. The molecule has 0 spiro atoms. The Morgan fingerprint density at radius 2 is 0.961 bits per heavy atom. The molecule has 683 valence electrons. The van der Waals surface area contributed by atoms with Gasteiger partial charge in [0.05, 0.1) is 120 Å². The summed E-state index contributed by atoms with van der Waals surface area (Å²) in [6.45, 7) is 12.6. The highest BCUT2D eigenvalue weighted by atomic mass is 79.9. The summed E-state index contributed by atoms with van der Waals surface area (Å²) in [4.78, 5) is 135. The quantitative estimate of drug-likeness (QED) is 0.0175. The molecule has 0 aliphatic carbocycles. The Hall–Kier alpha value is -10.7. The number of esters is 2. The average molecular weight is 2200 g/mol. The zero-order valence-corrected chi connectivity index (χ0v) is 79.6. The molecule has 53 heteroatoms. The smallest absolute Gasteiger partial charge is 0.356 e. The van der Waals surface area contributed by atoms with Crippen molar-refractivity contribution in [1.82, 2.24) is 96.6 Å². The largest absolute Gasteiger partial charge is 0.477 e. The van der Waals surface area contributed by atoms with E-state index in [-0.39, 0.29) is 48.2 Å². The summed E-state index contributed by atoms with van der Waals surface area (Å²) in [5.41, 5.74) is 25.5. The number of aliphatic hydroxyl groups excluding tert-OH is 1. The van der Waals surface area contributed by atoms with Crippen LogP contribution < -0.4 is 22.7 Å². The van der Waals surface area contributed by atoms with Gasteiger partial charge in [0.15, 0.2) is 56.5 Å². The number of carbonyl (C=O) groups excluding carboxylic acids is 6. The average Bonchev–Trinajstić information content (AvgIpc) is 1.67. The number of oxazole rings is 1. The van der Waals surface area contributed by atoms with Gasteiger partial charge < -0.3 is 85.0 Å². The van der Waals surface area contributed by atoms with Gasteiger partial charge in [0.2, 0.25) is 9.23 Å². The van der Waals surface area contributed by atoms with Crippen molar-refractivity contribution in [2.24, 2.45) is 0 Å². The van der Waals surface area contributed by atoms with Crippen LogP contribution in [0.2, 0.25) is 0 Å². The van der Waals surface area contributed by atoms with Gasteiger partial charge in [-0.25, -0.2) is 73.4 Å². The Morgan fingerprint density at radius 3 is 1.39 bits per heavy atom. The van der Waals surface area contributed by atoms with E-state index in [9.17, 15) is 33.6 Å². The first-order valence-corrected chi connectivity index (χ1v) is 45.0. The first-order valence-electron chi connectivity index (χ1n) is 37.4. The van der Waals surface area contributed by atoms with Crippen LogP contribution in [0.5, 0.6) is 0 Å². The Morgan fingerprint density at radius 1 is 0.535 bits per heavy atom. The van der Waals surface area contributed by atoms with Crippen LogP contribution in [0, 0.1) is 0 Å². The minimum atomic E-state index is -1.67. The number of alkyl halides is 1. The molecule has 13 aromatic heterocycles. The zero-order valence-electron chi connectivity index (χ0n) is 67.9. The molecular weight excluding hydrogens is 2120 g/mol. The van der Waals surface area contributed by atoms with Gasteiger partial charge in [-0.15, -0.1) is 11.6 Å². The fourth-order valence-electron chi connectivity index (χ4n) is 10.9. The number of carbonyl (C=O) groups is 7. The molecule has 129 heavy (non-hydrogen) atoms. The lowest BCUT2D eigenvalue weighted by atomic mass is 9.88. The number of furan rings is 1. The molecule has 3 fully saturated rings. The Balaban J connectivity index is 0.000000202. The third kappa shape index (κ3) is 32.4. The summed E-state index contributed by atoms with van der Waals surface area (Å²) >= 11 is 26.5. The first kappa shape index (κ1) is 105. The highest BCUT2D eigenvalue weighted by Gasteiger charge is 2.25. The fourth-order valence-corrected chi connectivity index (χ4v) is 12.5. The molecule has 1 unspecified atom stereocenters. The number of nitrogens with zero attached hydrogens (tertiary/aromatic N) is 20. The number of aromatic carboxylic acids is 1. The van der Waals surface area contributed by atoms with Crippen molar-refractivity contribution in [3.63, 3.8) is 0 Å². The van der Waals surface area contributed by atoms with Crippen molar-refractivity contribution in [2.75, 3.05) is 103 Å². The lowest BCUT2D eigenvalue weighted by molar-refractivity contribution is -0.143. The molecule has 1 radical (unpaired) electrons. The highest BCUT2D eigenvalue weighted by Crippen LogP contribution is 2.27. The number of imidazole rings is 5. The third-order valence-corrected chi connectivity index (χ3v) is 19.1. The van der Waals surface area contributed by atoms with Crippen molar-refractivity contribution < 1.29 is 91.0 Å². The van der Waals surface area contributed by atoms with Gasteiger partial charge in [-0.1, -0.05) is 17.6 Å². The summed E-state index contributed by atoms with van der Waals surface area (Å²) in [5, 5.41) is 24.3. The molecule has 0 bridgehead atoms. The molecule has 1 atom stereocenters. The lowest BCUT2D eigenvalue weighted by Crippen LogP contribution is -2.41. The molecular formula is C76H78BBr5Cl4N23O19S. The van der Waals surface area contributed by atoms with E-state index in [1.165, 1.54) is 54.6 Å². The number of anilines is 3. The lowest BCUT2D eigenvalue weighted by Gasteiger charge is -2.26. The van der Waals surface area contributed by atoms with E-state index in [0.717, 1.165) is 42.7 Å². The summed E-state index contributed by atoms with van der Waals surface area (Å²) in [6.07, 6.45) is 31.0. The summed E-state index contributed by atoms with van der Waals surface area (Å²) < 4.78 is 55.8. The predicted molar refractivity (Wildman–Crippen MR) is 495 cm³/mol. The van der Waals surface area contributed by atoms with E-state index in [1.54, 1.807) is 153 Å². The van der Waals surface area contributed by atoms with Gasteiger partial charge in [0, 0.05) is 115 Å². The Labute approximate surface area is 795 Å². The van der Waals surface area contributed by atoms with Gasteiger partial charge in [-0.3, -0.25) is 41.4 Å². The molecule has 3 saturated heterocycles. The number of aromatic nitrogens is 18. The maximum Gasteiger partial charge on any atom is 0.356 e. The number of ether oxygens (including phenoxy) is 5. The number of hydrogen-bond donors (Lipinski definition) is 6. The highest BCUT2D eigenvalue weighted by molar-refractivity contribution is 9.11. The normalized spacial score (nSPS) is 12.6. The van der Waals surface area contributed by atoms with Crippen molar-refractivity contribution in [2.45, 2.75) is 45.4 Å². The number of amides is 2. The SMILES string of the molecule is C1CCOCC1.CCO.CCOC(=O)C(Cl)C=O.CCOC(=O)c1cnc2cnc(Br)cn12.Nc1cc2cc([B]O)ccc2o1.Nc1cnc(Br)cn1.Nc1nc2cc(-c3cn4c(C(=O)N5CCOCC5)cnc4cn3)ccc2o1.O.O=C(Cl)c1cnc2cnc(Br)cn12.O=C(O)c1cnc2cnc(Br)cn12.O=C(c1cnc2cnc(Br)cn12)N1CCOCC1.O=S(Cl)Cl. The van der Waals surface area contributed by atoms with Crippen LogP contribution >= 0.6 is 124 Å². The van der Waals surface area contributed by atoms with Crippen molar-refractivity contribution in [3.8, 4) is 11.3 Å². The number of hydrogen-bond acceptors (Lipinski definition) is 33. The number of aliphatic hydroxyl groups is 1. The van der Waals surface area contributed by atoms with Crippen LogP contribution in [-0.2, 0) is 42.5 Å². The van der Waals surface area contributed by atoms with E-state index in [2.05, 4.69) is 171 Å². The monoisotopic (exact) mass is 2190 g/mol. The second kappa shape index (κ2) is 54.0. The van der Waals surface area contributed by atoms with Crippen molar-refractivity contribution >= 4 is 256 Å². The molecule has 3 aliphatic heterocycles. The maximum atomic E-state index is 12.9. The molecule has 42 nitrogen and oxygen atoms in total. The van der Waals surface area contributed by atoms with Gasteiger partial charge in [0.25, 0.3) is 23.1 Å². The van der Waals surface area contributed by atoms with E-state index in [4.69, 9.17) is 87.6 Å². The fraction of sp³-hybridized carbons (Fsp3) is 0.263. The topological polar surface area (TPSA) is 575 Å². The van der Waals surface area contributed by atoms with Gasteiger partial charge in [0.1, 0.15) is 63.3 Å². The molecule has 15 aromatic rings. The number of fused-ring (bicyclic) bond motifs is 7. The van der Waals surface area contributed by atoms with Crippen LogP contribution in [0.1, 0.15) is 92.5 Å². The van der Waals surface area contributed by atoms with Crippen molar-refractivity contribution in [1.29, 1.82) is 0 Å². The number of nitrogen functional groups attached to an aromatic ring is 3. The van der Waals surface area contributed by atoms with Crippen LogP contribution in [0.15, 0.2) is 180 Å². The van der Waals surface area contributed by atoms with Gasteiger partial charge in [-0.05, 0) is 156 Å². The molecule has 16 heterocycles. The standard InChI is InChI=1S/C18H16N6O3.C11H11BrN4O2.C9H8BrN3O2.C8H7BNO2.C7H3BrClN3O.C7H4BrN3O2.C5H7ClO3.C5H10O.C4H4BrN3.C2H6O.Cl2OS.H2O/c19-18-22-12-7-11(1-2-15(12)27-18)13-10-24-14(8-21-16(24)9-20-13)17(25)23-3-5-26-6-4-23;12-9-7-16-8(5-14-10(16)6-13-9)11(17)15-1-3-18-4-2-15;1-2-15-9(14)6-3-12-8-4-11-7(10)5-13(6)8;10-8-4-5-3-6(9-11)1-2-7(5)12-8;8-5-3-12-4(7(9)13)1-11-6(12)2-10-5;8-5-3-11-4(7(12)13)1-10-6(11)2-9-5;1-2-9-5(8)4(6)3-7;1-2-4-6-5-3-1;5-3-1-8-4(6)2-7-3;1-2-3;1-4(2)3;/h1-2,7-10H,3-6H2,(H2,19,22);5-7H,1-4H2;3-5H,2H2,1H3;1-4,11H,10H2;1-3H;1-3H,(H,12,13);3-4H,2H2,1H3;1-5H2;1-2H,(H2,6,8);3H,2H2,1H3;;1H2. The number of carboxylic acid groups (broad SMARTS) is 1. The Bertz CT molecular complexity index is 6120. The molecule has 0 saturated carbocycles. The minimum absolute atomic E-state index is 0. The van der Waals surface area contributed by atoms with E-state index >= 15 is 0 Å². The summed E-state index contributed by atoms with van der Waals surface area (Å²) in [6, 6.07) is 12.7. The maximum absolute atomic E-state index is 12.9. The van der Waals surface area contributed by atoms with Gasteiger partial charge >= 0.3 is 25.4 Å². The first-order chi connectivity index (χ1) is 61.5. The summed E-state index contributed by atoms with van der Waals surface area (Å²) in [5.74, 6) is -1.34. The molecule has 3 aliphatic rings. The predicted octanol–water partition coefficient (Wildman–Crippen LogP) is 10.1. The van der Waals surface area contributed by atoms with Gasteiger partial charge in [-0.2, -0.15) is 4.98 Å². The van der Waals surface area contributed by atoms with Crippen LogP contribution in [0.4, 0.5) is 17.7 Å². The second-order valence-corrected chi connectivity index (χ2v) is 32.5. The molecule has 11 N–H and O–H groups in total. The van der Waals surface area contributed by atoms with Crippen LogP contribution in [0.25, 0.3) is 61.6 Å². The number of benzene rings is 2. The number of halogens is 9. The number of rotatable bonds is 11. The van der Waals surface area contributed by atoms with Crippen LogP contribution in [-0.4, -0.2) is 261 Å². The second-order valence-electron chi connectivity index (χ2n) is 25.1. The Kier molecular flexibility index (Phi) is 44.1. The minimum Gasteiger partial charge on any atom is -0.477 e. The van der Waals surface area contributed by atoms with E-state index < -0.39 is 31.8 Å². The molecule has 2 aromatic carbocycles. The summed E-state index contributed by atoms with van der Waals surface area (Å²) in [7, 11) is 8.40. The number of carboxylic acids is 1. The van der Waals surface area contributed by atoms with Crippen molar-refractivity contribution in [3.05, 3.63) is 199 Å². The number of morpholine rings is 2. The molecule has 2 amide bonds. The van der Waals surface area contributed by atoms with E-state index in [0.29, 0.717) is 168 Å². The zero-order chi connectivity index (χ0) is 92.9. The van der Waals surface area contributed by atoms with Crippen LogP contribution in [0.3, 0.4) is 0 Å². The third-order valence-electron chi connectivity index (χ3n) is 16.6. The van der Waals surface area contributed by atoms with E-state index in [1.807, 2.05) is 12.1 Å². The molecule has 18 rings (SSSR count).